The van der Waals surface area contributed by atoms with Crippen LogP contribution in [0.4, 0.5) is 11.4 Å². The number of amides is 2. The second-order valence-corrected chi connectivity index (χ2v) is 8.61. The number of nitrogens with one attached hydrogen (secondary N) is 1. The van der Waals surface area contributed by atoms with Crippen molar-refractivity contribution in [1.29, 1.82) is 5.41 Å². The molecule has 2 amide bonds. The minimum atomic E-state index is -1.11. The van der Waals surface area contributed by atoms with Crippen LogP contribution in [0.1, 0.15) is 49.7 Å². The van der Waals surface area contributed by atoms with E-state index in [1.165, 1.54) is 4.90 Å². The van der Waals surface area contributed by atoms with Gasteiger partial charge in [-0.2, -0.15) is 0 Å². The van der Waals surface area contributed by atoms with Crippen molar-refractivity contribution in [3.63, 3.8) is 0 Å². The fourth-order valence-corrected chi connectivity index (χ4v) is 4.64. The van der Waals surface area contributed by atoms with Crippen molar-refractivity contribution < 1.29 is 19.5 Å². The van der Waals surface area contributed by atoms with Gasteiger partial charge < -0.3 is 15.7 Å². The molecule has 1 saturated heterocycles. The van der Waals surface area contributed by atoms with Crippen LogP contribution in [0.2, 0.25) is 0 Å². The number of carboxylic acid groups (broad SMARTS) is 1. The molecule has 0 radical (unpaired) electrons. The first kappa shape index (κ1) is 23.2. The Hall–Kier alpha value is -3.94. The van der Waals surface area contributed by atoms with Crippen molar-refractivity contribution in [2.24, 2.45) is 5.73 Å². The van der Waals surface area contributed by atoms with E-state index in [9.17, 15) is 19.5 Å². The summed E-state index contributed by atoms with van der Waals surface area (Å²) in [7, 11) is 0. The van der Waals surface area contributed by atoms with Gasteiger partial charge in [0.1, 0.15) is 12.4 Å². The molecular formula is C26H28N4O4. The van der Waals surface area contributed by atoms with E-state index in [1.807, 2.05) is 6.07 Å². The lowest BCUT2D eigenvalue weighted by molar-refractivity contribution is -0.136. The molecule has 176 valence electrons. The zero-order chi connectivity index (χ0) is 24.2. The Morgan fingerprint density at radius 2 is 1.79 bits per heavy atom. The number of rotatable bonds is 7. The summed E-state index contributed by atoms with van der Waals surface area (Å²) in [5.41, 5.74) is 9.69. The molecule has 4 rings (SSSR count). The standard InChI is InChI=1S/C26H28N4O4/c27-25(28)18-6-3-5-17(15-18)21-7-4-8-22(21)26(34)30(16-24(32)33)20-12-10-19(11-13-20)29-14-2-1-9-23(29)31/h3,5-6,10-13,15H,1-2,4,7-9,14,16H2,(H3,27,28)(H,32,33). The molecule has 8 nitrogen and oxygen atoms in total. The number of hydrogen-bond donors (Lipinski definition) is 3. The Balaban J connectivity index is 1.66. The normalized spacial score (nSPS) is 16.0. The highest BCUT2D eigenvalue weighted by Gasteiger charge is 2.29. The number of carbonyl (C=O) groups is 3. The number of carbonyl (C=O) groups excluding carboxylic acids is 2. The fourth-order valence-electron chi connectivity index (χ4n) is 4.64. The van der Waals surface area contributed by atoms with Gasteiger partial charge in [-0.15, -0.1) is 0 Å². The lowest BCUT2D eigenvalue weighted by atomic mass is 9.99. The van der Waals surface area contributed by atoms with Gasteiger partial charge in [-0.25, -0.2) is 0 Å². The van der Waals surface area contributed by atoms with Gasteiger partial charge in [0.15, 0.2) is 0 Å². The smallest absolute Gasteiger partial charge is 0.323 e. The first-order valence-corrected chi connectivity index (χ1v) is 11.5. The zero-order valence-corrected chi connectivity index (χ0v) is 18.9. The predicted molar refractivity (Wildman–Crippen MR) is 131 cm³/mol. The second-order valence-electron chi connectivity index (χ2n) is 8.61. The Labute approximate surface area is 198 Å². The number of benzene rings is 2. The number of hydrogen-bond acceptors (Lipinski definition) is 4. The molecule has 2 aliphatic rings. The number of allylic oxidation sites excluding steroid dienone is 1. The number of aliphatic carboxylic acids is 1. The first-order chi connectivity index (χ1) is 16.3. The quantitative estimate of drug-likeness (QED) is 0.430. The summed E-state index contributed by atoms with van der Waals surface area (Å²) >= 11 is 0. The maximum absolute atomic E-state index is 13.6. The van der Waals surface area contributed by atoms with E-state index in [1.54, 1.807) is 47.4 Å². The maximum atomic E-state index is 13.6. The van der Waals surface area contributed by atoms with Crippen LogP contribution in [-0.2, 0) is 14.4 Å². The monoisotopic (exact) mass is 460 g/mol. The Bertz CT molecular complexity index is 1170. The summed E-state index contributed by atoms with van der Waals surface area (Å²) in [6.45, 7) is 0.191. The van der Waals surface area contributed by atoms with Crippen molar-refractivity contribution >= 4 is 40.6 Å². The fraction of sp³-hybridized carbons (Fsp3) is 0.308. The van der Waals surface area contributed by atoms with Crippen molar-refractivity contribution in [1.82, 2.24) is 0 Å². The third kappa shape index (κ3) is 4.85. The molecule has 8 heteroatoms. The molecule has 0 spiro atoms. The average molecular weight is 461 g/mol. The van der Waals surface area contributed by atoms with Crippen LogP contribution in [0.15, 0.2) is 54.1 Å². The third-order valence-corrected chi connectivity index (χ3v) is 6.33. The Kier molecular flexibility index (Phi) is 6.77. The lowest BCUT2D eigenvalue weighted by Crippen LogP contribution is -2.37. The molecule has 0 bridgehead atoms. The number of piperidine rings is 1. The highest BCUT2D eigenvalue weighted by atomic mass is 16.4. The second kappa shape index (κ2) is 9.91. The molecule has 34 heavy (non-hydrogen) atoms. The van der Waals surface area contributed by atoms with E-state index in [0.717, 1.165) is 36.1 Å². The van der Waals surface area contributed by atoms with Crippen LogP contribution in [0.25, 0.3) is 5.57 Å². The van der Waals surface area contributed by atoms with Crippen LogP contribution >= 0.6 is 0 Å². The van der Waals surface area contributed by atoms with Crippen LogP contribution < -0.4 is 15.5 Å². The summed E-state index contributed by atoms with van der Waals surface area (Å²) in [4.78, 5) is 40.5. The van der Waals surface area contributed by atoms with Gasteiger partial charge in [0.25, 0.3) is 5.91 Å². The van der Waals surface area contributed by atoms with E-state index in [-0.39, 0.29) is 17.6 Å². The highest BCUT2D eigenvalue weighted by molar-refractivity contribution is 6.12. The minimum absolute atomic E-state index is 0.0481. The minimum Gasteiger partial charge on any atom is -0.480 e. The average Bonchev–Trinajstić information content (AvgIpc) is 3.33. The molecule has 2 aromatic carbocycles. The van der Waals surface area contributed by atoms with Gasteiger partial charge in [-0.1, -0.05) is 18.2 Å². The number of anilines is 2. The number of amidine groups is 1. The first-order valence-electron chi connectivity index (χ1n) is 11.5. The van der Waals surface area contributed by atoms with Crippen molar-refractivity contribution in [3.05, 3.63) is 65.2 Å². The van der Waals surface area contributed by atoms with E-state index in [4.69, 9.17) is 11.1 Å². The zero-order valence-electron chi connectivity index (χ0n) is 18.9. The molecule has 0 unspecified atom stereocenters. The van der Waals surface area contributed by atoms with E-state index < -0.39 is 12.5 Å². The number of nitrogens with two attached hydrogens (primary N) is 1. The van der Waals surface area contributed by atoms with Gasteiger partial charge in [-0.05, 0) is 73.6 Å². The summed E-state index contributed by atoms with van der Waals surface area (Å²) in [5, 5.41) is 17.2. The molecular weight excluding hydrogens is 432 g/mol. The number of carboxylic acids is 1. The summed E-state index contributed by atoms with van der Waals surface area (Å²) in [5.74, 6) is -1.42. The SMILES string of the molecule is N=C(N)c1cccc(C2=C(C(=O)N(CC(=O)O)c3ccc(N4CCCCC4=O)cc3)CCC2)c1. The van der Waals surface area contributed by atoms with E-state index in [0.29, 0.717) is 42.6 Å². The summed E-state index contributed by atoms with van der Waals surface area (Å²) in [6.07, 6.45) is 4.39. The van der Waals surface area contributed by atoms with Crippen molar-refractivity contribution in [2.75, 3.05) is 22.9 Å². The summed E-state index contributed by atoms with van der Waals surface area (Å²) < 4.78 is 0. The molecule has 1 aliphatic heterocycles. The molecule has 0 atom stereocenters. The Morgan fingerprint density at radius 3 is 2.47 bits per heavy atom. The molecule has 1 aliphatic carbocycles. The van der Waals surface area contributed by atoms with Gasteiger partial charge in [0, 0.05) is 35.5 Å². The van der Waals surface area contributed by atoms with Gasteiger partial charge in [0.2, 0.25) is 5.91 Å². The molecule has 1 fully saturated rings. The number of nitrogens with zero attached hydrogens (tertiary/aromatic N) is 2. The van der Waals surface area contributed by atoms with Crippen molar-refractivity contribution in [3.8, 4) is 0 Å². The van der Waals surface area contributed by atoms with Gasteiger partial charge in [0.05, 0.1) is 0 Å². The largest absolute Gasteiger partial charge is 0.480 e. The summed E-state index contributed by atoms with van der Waals surface area (Å²) in [6, 6.07) is 14.1. The topological polar surface area (TPSA) is 128 Å². The van der Waals surface area contributed by atoms with Gasteiger partial charge in [-0.3, -0.25) is 24.7 Å². The highest BCUT2D eigenvalue weighted by Crippen LogP contribution is 2.36. The van der Waals surface area contributed by atoms with Crippen LogP contribution in [0.3, 0.4) is 0 Å². The molecule has 2 aromatic rings. The molecule has 1 heterocycles. The predicted octanol–water partition coefficient (Wildman–Crippen LogP) is 3.54. The van der Waals surface area contributed by atoms with E-state index >= 15 is 0 Å². The molecule has 4 N–H and O–H groups in total. The van der Waals surface area contributed by atoms with Crippen molar-refractivity contribution in [2.45, 2.75) is 38.5 Å². The maximum Gasteiger partial charge on any atom is 0.323 e. The van der Waals surface area contributed by atoms with E-state index in [2.05, 4.69) is 0 Å². The van der Waals surface area contributed by atoms with Crippen LogP contribution in [0.5, 0.6) is 0 Å². The Morgan fingerprint density at radius 1 is 1.03 bits per heavy atom. The molecule has 0 saturated carbocycles. The van der Waals surface area contributed by atoms with Crippen LogP contribution in [0, 0.1) is 5.41 Å². The number of nitrogen functional groups attached to an aromatic ring is 1. The lowest BCUT2D eigenvalue weighted by Gasteiger charge is -2.28. The van der Waals surface area contributed by atoms with Crippen LogP contribution in [-0.4, -0.2) is 41.8 Å². The molecule has 0 aromatic heterocycles. The third-order valence-electron chi connectivity index (χ3n) is 6.33. The van der Waals surface area contributed by atoms with Gasteiger partial charge >= 0.3 is 5.97 Å².